The molecular weight excluding hydrogens is 498 g/mol. The molecule has 0 unspecified atom stereocenters. The molecule has 2 aliphatic rings. The monoisotopic (exact) mass is 519 g/mol. The standard InChI is InChI=1S/C26H21N3O9/c30-7-14-21(33)22(34)23(35)26(38-14)29-13-6-9(32)2-4-11(13)16-18-17(24(36)28-25(18)37)15-10-3-1-8(31)5-12(10)27-19(15)20(16)29/h1-6,14,21-23,26-27,30-35H,7H2,(H,28,36,37)/t14-,21-,22+,23-,26-/m1/s1. The van der Waals surface area contributed by atoms with Crippen LogP contribution in [0, 0.1) is 0 Å². The maximum atomic E-state index is 13.2. The van der Waals surface area contributed by atoms with Crippen LogP contribution in [-0.4, -0.2) is 83.0 Å². The van der Waals surface area contributed by atoms with Crippen molar-refractivity contribution in [1.82, 2.24) is 14.9 Å². The van der Waals surface area contributed by atoms with Crippen LogP contribution in [0.15, 0.2) is 36.4 Å². The molecule has 1 fully saturated rings. The van der Waals surface area contributed by atoms with Gasteiger partial charge >= 0.3 is 0 Å². The number of carbonyl (C=O) groups is 2. The molecule has 5 atom stereocenters. The van der Waals surface area contributed by atoms with E-state index in [2.05, 4.69) is 10.3 Å². The number of aromatic amines is 1. The number of aliphatic hydroxyl groups excluding tert-OH is 4. The Morgan fingerprint density at radius 1 is 0.842 bits per heavy atom. The Labute approximate surface area is 211 Å². The molecule has 4 heterocycles. The Morgan fingerprint density at radius 3 is 2.21 bits per heavy atom. The van der Waals surface area contributed by atoms with Crippen molar-refractivity contribution >= 4 is 55.4 Å². The fourth-order valence-electron chi connectivity index (χ4n) is 5.91. The maximum Gasteiger partial charge on any atom is 0.259 e. The van der Waals surface area contributed by atoms with E-state index in [1.54, 1.807) is 12.1 Å². The number of benzene rings is 3. The molecule has 0 aliphatic carbocycles. The molecule has 12 heteroatoms. The Morgan fingerprint density at radius 2 is 1.50 bits per heavy atom. The third-order valence-corrected chi connectivity index (χ3v) is 7.56. The summed E-state index contributed by atoms with van der Waals surface area (Å²) >= 11 is 0. The van der Waals surface area contributed by atoms with E-state index in [9.17, 15) is 40.2 Å². The van der Waals surface area contributed by atoms with Crippen LogP contribution in [0.4, 0.5) is 0 Å². The number of nitrogens with zero attached hydrogens (tertiary/aromatic N) is 1. The SMILES string of the molecule is O=C1NC(=O)c2c1c1c3ccc(O)cc3[nH]c1c1c2c2ccc(O)cc2n1[C@@H]1O[C@H](CO)[C@@H](O)[C@H](O)[C@H]1O. The third-order valence-electron chi connectivity index (χ3n) is 7.56. The molecule has 2 aromatic heterocycles. The summed E-state index contributed by atoms with van der Waals surface area (Å²) in [7, 11) is 0. The molecule has 12 nitrogen and oxygen atoms in total. The summed E-state index contributed by atoms with van der Waals surface area (Å²) in [6.45, 7) is -0.656. The first-order valence-corrected chi connectivity index (χ1v) is 11.8. The number of phenolic OH excluding ortho intramolecular Hbond substituents is 2. The molecule has 194 valence electrons. The van der Waals surface area contributed by atoms with Gasteiger partial charge in [0.2, 0.25) is 0 Å². The van der Waals surface area contributed by atoms with Crippen LogP contribution >= 0.6 is 0 Å². The van der Waals surface area contributed by atoms with E-state index >= 15 is 0 Å². The number of fused-ring (bicyclic) bond motifs is 10. The second-order valence-corrected chi connectivity index (χ2v) is 9.65. The molecule has 1 saturated heterocycles. The van der Waals surface area contributed by atoms with Crippen LogP contribution in [0.5, 0.6) is 11.5 Å². The lowest BCUT2D eigenvalue weighted by molar-refractivity contribution is -0.249. The van der Waals surface area contributed by atoms with Crippen LogP contribution in [0.1, 0.15) is 26.9 Å². The number of phenols is 2. The number of H-pyrrole nitrogens is 1. The van der Waals surface area contributed by atoms with Crippen LogP contribution in [0.3, 0.4) is 0 Å². The van der Waals surface area contributed by atoms with Gasteiger partial charge in [-0.05, 0) is 24.3 Å². The van der Waals surface area contributed by atoms with Crippen LogP contribution < -0.4 is 5.32 Å². The van der Waals surface area contributed by atoms with Gasteiger partial charge in [-0.2, -0.15) is 0 Å². The Balaban J connectivity index is 1.72. The first kappa shape index (κ1) is 23.0. The van der Waals surface area contributed by atoms with Crippen molar-refractivity contribution in [2.75, 3.05) is 6.61 Å². The van der Waals surface area contributed by atoms with Crippen molar-refractivity contribution in [1.29, 1.82) is 0 Å². The maximum absolute atomic E-state index is 13.2. The lowest BCUT2D eigenvalue weighted by atomic mass is 9.96. The van der Waals surface area contributed by atoms with Crippen LogP contribution in [0.25, 0.3) is 43.6 Å². The zero-order valence-corrected chi connectivity index (χ0v) is 19.4. The average Bonchev–Trinajstić information content (AvgIpc) is 3.51. The highest BCUT2D eigenvalue weighted by Crippen LogP contribution is 2.46. The highest BCUT2D eigenvalue weighted by atomic mass is 16.6. The lowest BCUT2D eigenvalue weighted by Crippen LogP contribution is -2.56. The summed E-state index contributed by atoms with van der Waals surface area (Å²) in [6, 6.07) is 8.88. The number of ether oxygens (including phenoxy) is 1. The van der Waals surface area contributed by atoms with E-state index < -0.39 is 49.1 Å². The van der Waals surface area contributed by atoms with Gasteiger partial charge in [0.1, 0.15) is 35.9 Å². The van der Waals surface area contributed by atoms with Crippen LogP contribution in [0.2, 0.25) is 0 Å². The van der Waals surface area contributed by atoms with Gasteiger partial charge in [0.15, 0.2) is 6.23 Å². The molecule has 8 N–H and O–H groups in total. The van der Waals surface area contributed by atoms with Gasteiger partial charge in [-0.15, -0.1) is 0 Å². The largest absolute Gasteiger partial charge is 0.508 e. The predicted molar refractivity (Wildman–Crippen MR) is 133 cm³/mol. The smallest absolute Gasteiger partial charge is 0.259 e. The highest BCUT2D eigenvalue weighted by molar-refractivity contribution is 6.39. The fraction of sp³-hybridized carbons (Fsp3) is 0.231. The molecule has 0 spiro atoms. The number of rotatable bonds is 2. The number of hydrogen-bond donors (Lipinski definition) is 8. The number of aliphatic hydroxyl groups is 4. The van der Waals surface area contributed by atoms with Crippen molar-refractivity contribution in [2.45, 2.75) is 30.6 Å². The molecular formula is C26H21N3O9. The van der Waals surface area contributed by atoms with E-state index in [1.165, 1.54) is 28.8 Å². The minimum Gasteiger partial charge on any atom is -0.508 e. The molecule has 38 heavy (non-hydrogen) atoms. The Hall–Kier alpha value is -4.20. The van der Waals surface area contributed by atoms with Crippen molar-refractivity contribution in [2.24, 2.45) is 0 Å². The summed E-state index contributed by atoms with van der Waals surface area (Å²) in [5.74, 6) is -1.40. The van der Waals surface area contributed by atoms with Crippen molar-refractivity contribution in [3.63, 3.8) is 0 Å². The van der Waals surface area contributed by atoms with Gasteiger partial charge in [-0.3, -0.25) is 14.9 Å². The van der Waals surface area contributed by atoms with E-state index in [1.807, 2.05) is 0 Å². The third kappa shape index (κ3) is 2.80. The van der Waals surface area contributed by atoms with E-state index in [0.29, 0.717) is 43.6 Å². The Bertz CT molecular complexity index is 1850. The van der Waals surface area contributed by atoms with Crippen molar-refractivity contribution in [3.05, 3.63) is 47.5 Å². The number of carbonyl (C=O) groups excluding carboxylic acids is 2. The van der Waals surface area contributed by atoms with Crippen LogP contribution in [-0.2, 0) is 4.74 Å². The molecule has 0 saturated carbocycles. The fourth-order valence-corrected chi connectivity index (χ4v) is 5.91. The topological polar surface area (TPSA) is 197 Å². The van der Waals surface area contributed by atoms with Gasteiger partial charge < -0.3 is 44.9 Å². The number of hydrogen-bond acceptors (Lipinski definition) is 9. The number of amides is 2. The number of aromatic nitrogens is 2. The van der Waals surface area contributed by atoms with Crippen molar-refractivity contribution in [3.8, 4) is 11.5 Å². The van der Waals surface area contributed by atoms with E-state index in [0.717, 1.165) is 0 Å². The van der Waals surface area contributed by atoms with Gasteiger partial charge in [0.25, 0.3) is 11.8 Å². The first-order valence-electron chi connectivity index (χ1n) is 11.8. The van der Waals surface area contributed by atoms with Gasteiger partial charge in [-0.25, -0.2) is 0 Å². The summed E-state index contributed by atoms with van der Waals surface area (Å²) in [6.07, 6.45) is -7.57. The van der Waals surface area contributed by atoms with Crippen molar-refractivity contribution < 1.29 is 45.0 Å². The van der Waals surface area contributed by atoms with E-state index in [-0.39, 0.29) is 22.6 Å². The lowest BCUT2D eigenvalue weighted by Gasteiger charge is -2.41. The molecule has 2 amide bonds. The Kier molecular flexibility index (Phi) is 4.63. The molecule has 7 rings (SSSR count). The first-order chi connectivity index (χ1) is 18.2. The predicted octanol–water partition coefficient (Wildman–Crippen LogP) is 0.696. The van der Waals surface area contributed by atoms with Gasteiger partial charge in [0, 0.05) is 33.7 Å². The minimum atomic E-state index is -1.69. The second kappa shape index (κ2) is 7.66. The van der Waals surface area contributed by atoms with Gasteiger partial charge in [-0.1, -0.05) is 0 Å². The zero-order chi connectivity index (χ0) is 26.6. The molecule has 5 aromatic rings. The molecule has 3 aromatic carbocycles. The quantitative estimate of drug-likeness (QED) is 0.155. The summed E-state index contributed by atoms with van der Waals surface area (Å²) in [4.78, 5) is 29.4. The average molecular weight is 519 g/mol. The zero-order valence-electron chi connectivity index (χ0n) is 19.4. The molecule has 0 bridgehead atoms. The number of imide groups is 1. The minimum absolute atomic E-state index is 0.0307. The molecule has 2 aliphatic heterocycles. The summed E-state index contributed by atoms with van der Waals surface area (Å²) in [5, 5.41) is 66.3. The molecule has 0 radical (unpaired) electrons. The number of aromatic hydroxyl groups is 2. The van der Waals surface area contributed by atoms with Gasteiger partial charge in [0.05, 0.1) is 39.8 Å². The highest BCUT2D eigenvalue weighted by Gasteiger charge is 2.46. The summed E-state index contributed by atoms with van der Waals surface area (Å²) in [5.41, 5.74) is 1.67. The normalized spacial score (nSPS) is 25.6. The second-order valence-electron chi connectivity index (χ2n) is 9.65. The summed E-state index contributed by atoms with van der Waals surface area (Å²) < 4.78 is 7.36. The van der Waals surface area contributed by atoms with E-state index in [4.69, 9.17) is 4.74 Å². The number of nitrogens with one attached hydrogen (secondary N) is 2.